The summed E-state index contributed by atoms with van der Waals surface area (Å²) in [6.07, 6.45) is 0. The van der Waals surface area contributed by atoms with E-state index in [4.69, 9.17) is 16.3 Å². The third-order valence-electron chi connectivity index (χ3n) is 2.95. The van der Waals surface area contributed by atoms with E-state index in [1.54, 1.807) is 24.3 Å². The molecule has 0 aliphatic heterocycles. The molecule has 0 amide bonds. The van der Waals surface area contributed by atoms with Crippen LogP contribution in [0.15, 0.2) is 48.5 Å². The number of hydrogen-bond acceptors (Lipinski definition) is 3. The summed E-state index contributed by atoms with van der Waals surface area (Å²) < 4.78 is 32.2. The van der Waals surface area contributed by atoms with Gasteiger partial charge in [0.15, 0.2) is 0 Å². The van der Waals surface area contributed by atoms with Gasteiger partial charge in [0.2, 0.25) is 10.0 Å². The molecule has 0 unspecified atom stereocenters. The third-order valence-corrected chi connectivity index (χ3v) is 4.48. The second-order valence-electron chi connectivity index (χ2n) is 4.79. The molecule has 0 aliphatic carbocycles. The molecular formula is C16H18ClNO3S. The molecular weight excluding hydrogens is 322 g/mol. The first-order valence-electron chi connectivity index (χ1n) is 6.92. The number of rotatable bonds is 7. The first kappa shape index (κ1) is 16.8. The van der Waals surface area contributed by atoms with Crippen molar-refractivity contribution >= 4 is 21.6 Å². The van der Waals surface area contributed by atoms with E-state index < -0.39 is 10.0 Å². The van der Waals surface area contributed by atoms with Gasteiger partial charge in [-0.3, -0.25) is 0 Å². The lowest BCUT2D eigenvalue weighted by molar-refractivity contribution is 0.340. The molecule has 1 N–H and O–H groups in total. The molecule has 4 nitrogen and oxygen atoms in total. The zero-order chi connectivity index (χ0) is 16.0. The number of nitrogens with one attached hydrogen (secondary N) is 1. The number of hydrogen-bond donors (Lipinski definition) is 1. The molecule has 118 valence electrons. The topological polar surface area (TPSA) is 55.4 Å². The van der Waals surface area contributed by atoms with E-state index in [-0.39, 0.29) is 12.3 Å². The summed E-state index contributed by atoms with van der Waals surface area (Å²) in [7, 11) is -3.42. The molecule has 22 heavy (non-hydrogen) atoms. The molecule has 2 aromatic carbocycles. The molecule has 6 heteroatoms. The molecule has 0 radical (unpaired) electrons. The van der Waals surface area contributed by atoms with Crippen LogP contribution in [0.1, 0.15) is 18.1 Å². The van der Waals surface area contributed by atoms with Crippen LogP contribution in [0.4, 0.5) is 0 Å². The molecule has 0 saturated carbocycles. The van der Waals surface area contributed by atoms with Crippen LogP contribution in [-0.4, -0.2) is 15.0 Å². The van der Waals surface area contributed by atoms with E-state index in [1.807, 2.05) is 31.2 Å². The molecule has 2 rings (SSSR count). The summed E-state index contributed by atoms with van der Waals surface area (Å²) in [5.41, 5.74) is 1.50. The van der Waals surface area contributed by atoms with Crippen molar-refractivity contribution in [1.29, 1.82) is 0 Å². The minimum atomic E-state index is -3.42. The summed E-state index contributed by atoms with van der Waals surface area (Å²) in [6, 6.07) is 14.2. The van der Waals surface area contributed by atoms with E-state index in [9.17, 15) is 8.42 Å². The highest BCUT2D eigenvalue weighted by atomic mass is 35.5. The van der Waals surface area contributed by atoms with Gasteiger partial charge in [0.1, 0.15) is 5.75 Å². The first-order valence-corrected chi connectivity index (χ1v) is 8.95. The molecule has 0 bridgehead atoms. The van der Waals surface area contributed by atoms with E-state index >= 15 is 0 Å². The number of sulfonamides is 1. The van der Waals surface area contributed by atoms with E-state index in [0.29, 0.717) is 17.2 Å². The van der Waals surface area contributed by atoms with Gasteiger partial charge in [0, 0.05) is 11.6 Å². The van der Waals surface area contributed by atoms with Gasteiger partial charge in [-0.2, -0.15) is 0 Å². The van der Waals surface area contributed by atoms with Crippen molar-refractivity contribution in [2.45, 2.75) is 19.2 Å². The molecule has 0 heterocycles. The Bertz CT molecular complexity index is 732. The Balaban J connectivity index is 1.99. The number of halogens is 1. The van der Waals surface area contributed by atoms with Crippen molar-refractivity contribution in [1.82, 2.24) is 4.72 Å². The lowest BCUT2D eigenvalue weighted by atomic mass is 10.2. The van der Waals surface area contributed by atoms with Crippen LogP contribution < -0.4 is 9.46 Å². The van der Waals surface area contributed by atoms with Gasteiger partial charge >= 0.3 is 0 Å². The average Bonchev–Trinajstić information content (AvgIpc) is 2.46. The van der Waals surface area contributed by atoms with Crippen LogP contribution in [0.3, 0.4) is 0 Å². The number of ether oxygens (including phenoxy) is 1. The van der Waals surface area contributed by atoms with Crippen LogP contribution in [0.2, 0.25) is 5.02 Å². The normalized spacial score (nSPS) is 11.4. The van der Waals surface area contributed by atoms with Crippen LogP contribution in [0, 0.1) is 0 Å². The highest BCUT2D eigenvalue weighted by Crippen LogP contribution is 2.15. The lowest BCUT2D eigenvalue weighted by Gasteiger charge is -2.09. The summed E-state index contributed by atoms with van der Waals surface area (Å²) >= 11 is 5.86. The van der Waals surface area contributed by atoms with Crippen molar-refractivity contribution in [2.75, 3.05) is 6.61 Å². The Morgan fingerprint density at radius 3 is 2.55 bits per heavy atom. The van der Waals surface area contributed by atoms with Gasteiger partial charge in [-0.25, -0.2) is 13.1 Å². The van der Waals surface area contributed by atoms with Gasteiger partial charge in [0.25, 0.3) is 0 Å². The Morgan fingerprint density at radius 1 is 1.09 bits per heavy atom. The maximum absolute atomic E-state index is 12.1. The smallest absolute Gasteiger partial charge is 0.216 e. The zero-order valence-electron chi connectivity index (χ0n) is 12.3. The van der Waals surface area contributed by atoms with Gasteiger partial charge in [-0.15, -0.1) is 0 Å². The maximum atomic E-state index is 12.1. The molecule has 0 aliphatic rings. The highest BCUT2D eigenvalue weighted by molar-refractivity contribution is 7.88. The van der Waals surface area contributed by atoms with E-state index in [2.05, 4.69) is 4.72 Å². The first-order chi connectivity index (χ1) is 10.5. The van der Waals surface area contributed by atoms with Crippen molar-refractivity contribution in [3.8, 4) is 5.75 Å². The summed E-state index contributed by atoms with van der Waals surface area (Å²) in [5, 5.41) is 0.525. The summed E-state index contributed by atoms with van der Waals surface area (Å²) in [5.74, 6) is 0.632. The highest BCUT2D eigenvalue weighted by Gasteiger charge is 2.11. The number of benzene rings is 2. The minimum absolute atomic E-state index is 0.0985. The zero-order valence-corrected chi connectivity index (χ0v) is 13.8. The molecule has 0 fully saturated rings. The van der Waals surface area contributed by atoms with Crippen LogP contribution in [0.5, 0.6) is 5.75 Å². The molecule has 0 aromatic heterocycles. The molecule has 0 atom stereocenters. The maximum Gasteiger partial charge on any atom is 0.216 e. The summed E-state index contributed by atoms with van der Waals surface area (Å²) in [6.45, 7) is 2.70. The van der Waals surface area contributed by atoms with Gasteiger partial charge < -0.3 is 4.74 Å². The van der Waals surface area contributed by atoms with Crippen LogP contribution in [0.25, 0.3) is 0 Å². The summed E-state index contributed by atoms with van der Waals surface area (Å²) in [4.78, 5) is 0. The van der Waals surface area contributed by atoms with E-state index in [1.165, 1.54) is 0 Å². The molecule has 2 aromatic rings. The largest absolute Gasteiger partial charge is 0.494 e. The fourth-order valence-corrected chi connectivity index (χ4v) is 3.32. The third kappa shape index (κ3) is 5.33. The monoisotopic (exact) mass is 339 g/mol. The van der Waals surface area contributed by atoms with Crippen molar-refractivity contribution in [3.63, 3.8) is 0 Å². The van der Waals surface area contributed by atoms with Crippen molar-refractivity contribution in [2.24, 2.45) is 0 Å². The lowest BCUT2D eigenvalue weighted by Crippen LogP contribution is -2.24. The fourth-order valence-electron chi connectivity index (χ4n) is 2.00. The molecule has 0 saturated heterocycles. The minimum Gasteiger partial charge on any atom is -0.494 e. The Hall–Kier alpha value is -1.56. The standard InChI is InChI=1S/C16H18ClNO3S/c1-2-21-16-8-4-5-13(10-16)11-18-22(19,20)12-14-6-3-7-15(17)9-14/h3-10,18H,2,11-12H2,1H3. The average molecular weight is 340 g/mol. The van der Waals surface area contributed by atoms with E-state index in [0.717, 1.165) is 11.3 Å². The predicted molar refractivity (Wildman–Crippen MR) is 88.5 cm³/mol. The molecule has 0 spiro atoms. The van der Waals surface area contributed by atoms with Crippen molar-refractivity contribution in [3.05, 3.63) is 64.7 Å². The Labute approximate surface area is 136 Å². The SMILES string of the molecule is CCOc1cccc(CNS(=O)(=O)Cc2cccc(Cl)c2)c1. The fraction of sp³-hybridized carbons (Fsp3) is 0.250. The van der Waals surface area contributed by atoms with Gasteiger partial charge in [-0.05, 0) is 42.3 Å². The predicted octanol–water partition coefficient (Wildman–Crippen LogP) is 3.36. The van der Waals surface area contributed by atoms with Crippen LogP contribution in [-0.2, 0) is 22.3 Å². The quantitative estimate of drug-likeness (QED) is 0.841. The Morgan fingerprint density at radius 2 is 1.82 bits per heavy atom. The second-order valence-corrected chi connectivity index (χ2v) is 7.03. The van der Waals surface area contributed by atoms with Gasteiger partial charge in [-0.1, -0.05) is 35.9 Å². The Kier molecular flexibility index (Phi) is 5.83. The van der Waals surface area contributed by atoms with Crippen LogP contribution >= 0.6 is 11.6 Å². The van der Waals surface area contributed by atoms with Gasteiger partial charge in [0.05, 0.1) is 12.4 Å². The second kappa shape index (κ2) is 7.63. The van der Waals surface area contributed by atoms with Crippen molar-refractivity contribution < 1.29 is 13.2 Å².